The van der Waals surface area contributed by atoms with E-state index in [-0.39, 0.29) is 17.6 Å². The van der Waals surface area contributed by atoms with E-state index < -0.39 is 5.92 Å². The predicted octanol–water partition coefficient (Wildman–Crippen LogP) is 0.912. The van der Waals surface area contributed by atoms with E-state index in [9.17, 15) is 14.7 Å². The van der Waals surface area contributed by atoms with Crippen molar-refractivity contribution in [2.75, 3.05) is 0 Å². The molecule has 2 amide bonds. The number of benzene rings is 1. The number of hydrogen-bond donors (Lipinski definition) is 2. The van der Waals surface area contributed by atoms with Gasteiger partial charge in [-0.1, -0.05) is 18.2 Å². The van der Waals surface area contributed by atoms with Crippen molar-refractivity contribution in [1.82, 2.24) is 5.32 Å². The number of nitrogens with one attached hydrogen (secondary N) is 1. The second-order valence-electron chi connectivity index (χ2n) is 3.56. The van der Waals surface area contributed by atoms with Crippen LogP contribution in [0.5, 0.6) is 5.75 Å². The summed E-state index contributed by atoms with van der Waals surface area (Å²) in [7, 11) is 0. The Morgan fingerprint density at radius 1 is 1.27 bits per heavy atom. The second kappa shape index (κ2) is 3.73. The molecular weight excluding hydrogens is 194 g/mol. The number of phenolic OH excluding ortho intramolecular Hbond substituents is 1. The summed E-state index contributed by atoms with van der Waals surface area (Å²) in [5, 5.41) is 11.8. The van der Waals surface area contributed by atoms with Gasteiger partial charge in [0.05, 0.1) is 5.92 Å². The molecule has 4 heteroatoms. The van der Waals surface area contributed by atoms with E-state index in [0.717, 1.165) is 0 Å². The lowest BCUT2D eigenvalue weighted by molar-refractivity contribution is -0.134. The minimum Gasteiger partial charge on any atom is -0.508 e. The van der Waals surface area contributed by atoms with Crippen molar-refractivity contribution in [2.45, 2.75) is 18.8 Å². The summed E-state index contributed by atoms with van der Waals surface area (Å²) in [5.74, 6) is -0.879. The fraction of sp³-hybridized carbons (Fsp3) is 0.273. The van der Waals surface area contributed by atoms with Gasteiger partial charge in [-0.25, -0.2) is 0 Å². The summed E-state index contributed by atoms with van der Waals surface area (Å²) in [6, 6.07) is 6.71. The molecule has 1 saturated heterocycles. The Labute approximate surface area is 86.9 Å². The number of para-hydroxylation sites is 1. The third-order valence-electron chi connectivity index (χ3n) is 2.55. The van der Waals surface area contributed by atoms with Crippen LogP contribution in [0.4, 0.5) is 0 Å². The molecule has 2 N–H and O–H groups in total. The van der Waals surface area contributed by atoms with Crippen molar-refractivity contribution in [1.29, 1.82) is 0 Å². The van der Waals surface area contributed by atoms with Gasteiger partial charge in [-0.3, -0.25) is 14.9 Å². The van der Waals surface area contributed by atoms with E-state index in [2.05, 4.69) is 5.32 Å². The molecule has 1 aromatic carbocycles. The standard InChI is InChI=1S/C11H11NO3/c13-9-4-2-1-3-7(9)8-5-6-10(14)12-11(8)15/h1-4,8,13H,5-6H2,(H,12,14,15). The number of carbonyl (C=O) groups is 2. The highest BCUT2D eigenvalue weighted by Crippen LogP contribution is 2.30. The molecule has 0 bridgehead atoms. The normalized spacial score (nSPS) is 21.2. The maximum Gasteiger partial charge on any atom is 0.234 e. The monoisotopic (exact) mass is 205 g/mol. The smallest absolute Gasteiger partial charge is 0.234 e. The van der Waals surface area contributed by atoms with Crippen LogP contribution in [0.15, 0.2) is 24.3 Å². The van der Waals surface area contributed by atoms with Gasteiger partial charge in [0.1, 0.15) is 5.75 Å². The molecule has 15 heavy (non-hydrogen) atoms. The van der Waals surface area contributed by atoms with Crippen molar-refractivity contribution in [2.24, 2.45) is 0 Å². The number of imide groups is 1. The first-order chi connectivity index (χ1) is 7.18. The molecule has 1 fully saturated rings. The number of piperidine rings is 1. The molecule has 1 aliphatic heterocycles. The summed E-state index contributed by atoms with van der Waals surface area (Å²) in [6.45, 7) is 0. The number of aromatic hydroxyl groups is 1. The van der Waals surface area contributed by atoms with E-state index in [1.165, 1.54) is 0 Å². The van der Waals surface area contributed by atoms with Gasteiger partial charge >= 0.3 is 0 Å². The first kappa shape index (κ1) is 9.71. The van der Waals surface area contributed by atoms with Gasteiger partial charge in [-0.05, 0) is 12.5 Å². The Kier molecular flexibility index (Phi) is 2.41. The molecule has 0 aliphatic carbocycles. The Morgan fingerprint density at radius 3 is 2.67 bits per heavy atom. The van der Waals surface area contributed by atoms with Crippen molar-refractivity contribution in [3.05, 3.63) is 29.8 Å². The van der Waals surface area contributed by atoms with Crippen molar-refractivity contribution < 1.29 is 14.7 Å². The Balaban J connectivity index is 2.28. The summed E-state index contributed by atoms with van der Waals surface area (Å²) in [6.07, 6.45) is 0.785. The van der Waals surface area contributed by atoms with Gasteiger partial charge in [0, 0.05) is 12.0 Å². The highest BCUT2D eigenvalue weighted by Gasteiger charge is 2.29. The third-order valence-corrected chi connectivity index (χ3v) is 2.55. The molecule has 0 radical (unpaired) electrons. The molecular formula is C11H11NO3. The van der Waals surface area contributed by atoms with Crippen LogP contribution in [0.25, 0.3) is 0 Å². The van der Waals surface area contributed by atoms with Crippen molar-refractivity contribution in [3.63, 3.8) is 0 Å². The lowest BCUT2D eigenvalue weighted by Gasteiger charge is -2.21. The van der Waals surface area contributed by atoms with Crippen LogP contribution in [-0.2, 0) is 9.59 Å². The topological polar surface area (TPSA) is 66.4 Å². The van der Waals surface area contributed by atoms with E-state index in [0.29, 0.717) is 18.4 Å². The van der Waals surface area contributed by atoms with Crippen LogP contribution in [0, 0.1) is 0 Å². The van der Waals surface area contributed by atoms with Gasteiger partial charge < -0.3 is 5.11 Å². The van der Waals surface area contributed by atoms with Crippen molar-refractivity contribution in [3.8, 4) is 5.75 Å². The first-order valence-electron chi connectivity index (χ1n) is 4.80. The fourth-order valence-corrected chi connectivity index (χ4v) is 1.77. The van der Waals surface area contributed by atoms with E-state index >= 15 is 0 Å². The fourth-order valence-electron chi connectivity index (χ4n) is 1.77. The molecule has 0 spiro atoms. The van der Waals surface area contributed by atoms with Crippen LogP contribution in [0.3, 0.4) is 0 Å². The quantitative estimate of drug-likeness (QED) is 0.670. The molecule has 1 aliphatic rings. The maximum absolute atomic E-state index is 11.5. The number of rotatable bonds is 1. The van der Waals surface area contributed by atoms with E-state index in [1.54, 1.807) is 24.3 Å². The minimum atomic E-state index is -0.413. The SMILES string of the molecule is O=C1CCC(c2ccccc2O)C(=O)N1. The van der Waals surface area contributed by atoms with Gasteiger partial charge in [0.25, 0.3) is 0 Å². The second-order valence-corrected chi connectivity index (χ2v) is 3.56. The van der Waals surface area contributed by atoms with Crippen LogP contribution in [0.2, 0.25) is 0 Å². The molecule has 1 atom stereocenters. The highest BCUT2D eigenvalue weighted by molar-refractivity contribution is 6.01. The Morgan fingerprint density at radius 2 is 2.00 bits per heavy atom. The summed E-state index contributed by atoms with van der Waals surface area (Å²) in [5.41, 5.74) is 0.586. The van der Waals surface area contributed by atoms with Gasteiger partial charge in [-0.15, -0.1) is 0 Å². The summed E-state index contributed by atoms with van der Waals surface area (Å²) < 4.78 is 0. The van der Waals surface area contributed by atoms with E-state index in [4.69, 9.17) is 0 Å². The van der Waals surface area contributed by atoms with Crippen LogP contribution < -0.4 is 5.32 Å². The summed E-state index contributed by atoms with van der Waals surface area (Å²) >= 11 is 0. The molecule has 1 aromatic rings. The molecule has 78 valence electrons. The molecule has 4 nitrogen and oxygen atoms in total. The largest absolute Gasteiger partial charge is 0.508 e. The zero-order valence-electron chi connectivity index (χ0n) is 8.06. The average Bonchev–Trinajstić information content (AvgIpc) is 2.20. The Hall–Kier alpha value is -1.84. The molecule has 1 unspecified atom stereocenters. The molecule has 1 heterocycles. The minimum absolute atomic E-state index is 0.104. The lowest BCUT2D eigenvalue weighted by atomic mass is 9.90. The number of amides is 2. The number of hydrogen-bond acceptors (Lipinski definition) is 3. The van der Waals surface area contributed by atoms with Crippen LogP contribution in [-0.4, -0.2) is 16.9 Å². The molecule has 0 aromatic heterocycles. The van der Waals surface area contributed by atoms with Crippen LogP contribution >= 0.6 is 0 Å². The number of phenols is 1. The predicted molar refractivity (Wildman–Crippen MR) is 53.2 cm³/mol. The first-order valence-corrected chi connectivity index (χ1v) is 4.80. The molecule has 0 saturated carbocycles. The lowest BCUT2D eigenvalue weighted by Crippen LogP contribution is -2.39. The molecule has 2 rings (SSSR count). The van der Waals surface area contributed by atoms with Gasteiger partial charge in [-0.2, -0.15) is 0 Å². The van der Waals surface area contributed by atoms with Crippen molar-refractivity contribution >= 4 is 11.8 Å². The highest BCUT2D eigenvalue weighted by atomic mass is 16.3. The maximum atomic E-state index is 11.5. The van der Waals surface area contributed by atoms with E-state index in [1.807, 2.05) is 0 Å². The summed E-state index contributed by atoms with van der Waals surface area (Å²) in [4.78, 5) is 22.5. The number of carbonyl (C=O) groups excluding carboxylic acids is 2. The zero-order valence-corrected chi connectivity index (χ0v) is 8.06. The van der Waals surface area contributed by atoms with Crippen LogP contribution in [0.1, 0.15) is 24.3 Å². The zero-order chi connectivity index (χ0) is 10.8. The Bertz CT molecular complexity index is 414. The average molecular weight is 205 g/mol. The van der Waals surface area contributed by atoms with Gasteiger partial charge in [0.2, 0.25) is 11.8 Å². The van der Waals surface area contributed by atoms with Gasteiger partial charge in [0.15, 0.2) is 0 Å². The third kappa shape index (κ3) is 1.83.